The number of carbonyl (C=O) groups excluding carboxylic acids is 1. The minimum Gasteiger partial charge on any atom is -0.355 e. The molecule has 0 bridgehead atoms. The highest BCUT2D eigenvalue weighted by atomic mass is 35.5. The van der Waals surface area contributed by atoms with Gasteiger partial charge in [0, 0.05) is 36.8 Å². The average Bonchev–Trinajstić information content (AvgIpc) is 2.68. The number of benzene rings is 2. The van der Waals surface area contributed by atoms with Crippen LogP contribution in [0.2, 0.25) is 0 Å². The van der Waals surface area contributed by atoms with Gasteiger partial charge in [-0.1, -0.05) is 30.7 Å². The van der Waals surface area contributed by atoms with Gasteiger partial charge in [-0.25, -0.2) is 0 Å². The van der Waals surface area contributed by atoms with E-state index in [9.17, 15) is 9.59 Å². The molecule has 3 rings (SSSR count). The lowest BCUT2D eigenvalue weighted by Gasteiger charge is -2.15. The van der Waals surface area contributed by atoms with E-state index in [1.54, 1.807) is 0 Å². The lowest BCUT2D eigenvalue weighted by Crippen LogP contribution is -2.28. The zero-order valence-electron chi connectivity index (χ0n) is 15.3. The smallest absolute Gasteiger partial charge is 0.220 e. The standard InChI is InChI=1S/C21H25N3O2.ClH/c22-13-14-23-20(25)12-2-1-7-15-24-18-10-5-3-8-16(18)21(26)17-9-4-6-11-19(17)24;/h3-6,8-11H,1-2,7,12-15,22H2,(H,23,25);1H. The molecule has 0 unspecified atom stereocenters. The van der Waals surface area contributed by atoms with Crippen molar-refractivity contribution in [3.05, 3.63) is 58.8 Å². The molecule has 1 amide bonds. The number of carbonyl (C=O) groups is 1. The second kappa shape index (κ2) is 10.1. The van der Waals surface area contributed by atoms with Gasteiger partial charge in [0.05, 0.1) is 11.0 Å². The van der Waals surface area contributed by atoms with Gasteiger partial charge in [0.25, 0.3) is 0 Å². The van der Waals surface area contributed by atoms with Crippen LogP contribution in [0.4, 0.5) is 0 Å². The van der Waals surface area contributed by atoms with Crippen molar-refractivity contribution >= 4 is 40.1 Å². The number of para-hydroxylation sites is 2. The summed E-state index contributed by atoms with van der Waals surface area (Å²) in [6, 6.07) is 15.5. The Bertz CT molecular complexity index is 908. The first-order valence-corrected chi connectivity index (χ1v) is 9.19. The van der Waals surface area contributed by atoms with Crippen molar-refractivity contribution in [3.63, 3.8) is 0 Å². The van der Waals surface area contributed by atoms with E-state index in [-0.39, 0.29) is 23.7 Å². The number of nitrogens with zero attached hydrogens (tertiary/aromatic N) is 1. The number of unbranched alkanes of at least 4 members (excludes halogenated alkanes) is 2. The number of pyridine rings is 1. The van der Waals surface area contributed by atoms with Crippen LogP contribution >= 0.6 is 12.4 Å². The van der Waals surface area contributed by atoms with E-state index < -0.39 is 0 Å². The third-order valence-electron chi connectivity index (χ3n) is 4.63. The number of aromatic nitrogens is 1. The van der Waals surface area contributed by atoms with Gasteiger partial charge in [-0.15, -0.1) is 12.4 Å². The fraction of sp³-hybridized carbons (Fsp3) is 0.333. The summed E-state index contributed by atoms with van der Waals surface area (Å²) in [7, 11) is 0. The van der Waals surface area contributed by atoms with E-state index in [1.807, 2.05) is 48.5 Å². The molecule has 1 heterocycles. The summed E-state index contributed by atoms with van der Waals surface area (Å²) in [4.78, 5) is 24.3. The van der Waals surface area contributed by atoms with Gasteiger partial charge in [-0.3, -0.25) is 9.59 Å². The van der Waals surface area contributed by atoms with Gasteiger partial charge in [0.15, 0.2) is 5.43 Å². The number of nitrogens with two attached hydrogens (primary N) is 1. The number of hydrogen-bond acceptors (Lipinski definition) is 3. The van der Waals surface area contributed by atoms with Crippen LogP contribution in [-0.4, -0.2) is 23.6 Å². The molecule has 0 spiro atoms. The quantitative estimate of drug-likeness (QED) is 0.460. The molecule has 3 N–H and O–H groups in total. The number of hydrogen-bond donors (Lipinski definition) is 2. The summed E-state index contributed by atoms with van der Waals surface area (Å²) in [6.07, 6.45) is 3.31. The lowest BCUT2D eigenvalue weighted by molar-refractivity contribution is -0.121. The summed E-state index contributed by atoms with van der Waals surface area (Å²) in [6.45, 7) is 1.83. The summed E-state index contributed by atoms with van der Waals surface area (Å²) in [5.41, 5.74) is 7.41. The van der Waals surface area contributed by atoms with Crippen molar-refractivity contribution < 1.29 is 4.79 Å². The zero-order chi connectivity index (χ0) is 18.4. The molecule has 5 nitrogen and oxygen atoms in total. The summed E-state index contributed by atoms with van der Waals surface area (Å²) >= 11 is 0. The predicted molar refractivity (Wildman–Crippen MR) is 113 cm³/mol. The Morgan fingerprint density at radius 1 is 0.926 bits per heavy atom. The van der Waals surface area contributed by atoms with Crippen molar-refractivity contribution in [2.24, 2.45) is 5.73 Å². The van der Waals surface area contributed by atoms with Crippen molar-refractivity contribution in [2.45, 2.75) is 32.2 Å². The molecule has 27 heavy (non-hydrogen) atoms. The van der Waals surface area contributed by atoms with E-state index >= 15 is 0 Å². The van der Waals surface area contributed by atoms with E-state index in [1.165, 1.54) is 0 Å². The molecule has 0 atom stereocenters. The van der Waals surface area contributed by atoms with Gasteiger partial charge in [-0.2, -0.15) is 0 Å². The number of rotatable bonds is 8. The van der Waals surface area contributed by atoms with Crippen LogP contribution in [0.1, 0.15) is 25.7 Å². The van der Waals surface area contributed by atoms with E-state index in [0.29, 0.717) is 19.5 Å². The number of fused-ring (bicyclic) bond motifs is 2. The number of aryl methyl sites for hydroxylation is 1. The SMILES string of the molecule is Cl.NCCNC(=O)CCCCCn1c2ccccc2c(=O)c2ccccc21. The molecule has 3 aromatic rings. The Hall–Kier alpha value is -2.37. The lowest BCUT2D eigenvalue weighted by atomic mass is 10.1. The van der Waals surface area contributed by atoms with Crippen molar-refractivity contribution in [3.8, 4) is 0 Å². The second-order valence-corrected chi connectivity index (χ2v) is 6.46. The Balaban J connectivity index is 0.00000261. The Morgan fingerprint density at radius 2 is 1.52 bits per heavy atom. The summed E-state index contributed by atoms with van der Waals surface area (Å²) in [5.74, 6) is 0.0645. The molecule has 0 aliphatic rings. The van der Waals surface area contributed by atoms with Gasteiger partial charge in [0.2, 0.25) is 5.91 Å². The highest BCUT2D eigenvalue weighted by Crippen LogP contribution is 2.20. The number of halogens is 1. The molecular weight excluding hydrogens is 362 g/mol. The Morgan fingerprint density at radius 3 is 2.11 bits per heavy atom. The molecule has 0 aliphatic heterocycles. The minimum absolute atomic E-state index is 0. The van der Waals surface area contributed by atoms with Crippen LogP contribution in [0, 0.1) is 0 Å². The third kappa shape index (κ3) is 4.87. The van der Waals surface area contributed by atoms with Crippen LogP contribution < -0.4 is 16.5 Å². The first-order valence-electron chi connectivity index (χ1n) is 9.19. The maximum Gasteiger partial charge on any atom is 0.220 e. The topological polar surface area (TPSA) is 77.1 Å². The first-order chi connectivity index (χ1) is 12.7. The molecule has 0 radical (unpaired) electrons. The fourth-order valence-corrected chi connectivity index (χ4v) is 3.35. The monoisotopic (exact) mass is 387 g/mol. The fourth-order valence-electron chi connectivity index (χ4n) is 3.35. The van der Waals surface area contributed by atoms with Crippen molar-refractivity contribution in [1.29, 1.82) is 0 Å². The minimum atomic E-state index is 0. The molecule has 0 fully saturated rings. The maximum absolute atomic E-state index is 12.7. The molecule has 6 heteroatoms. The largest absolute Gasteiger partial charge is 0.355 e. The summed E-state index contributed by atoms with van der Waals surface area (Å²) < 4.78 is 2.22. The zero-order valence-corrected chi connectivity index (χ0v) is 16.1. The number of amides is 1. The summed E-state index contributed by atoms with van der Waals surface area (Å²) in [5, 5.41) is 4.31. The van der Waals surface area contributed by atoms with Crippen LogP contribution in [0.5, 0.6) is 0 Å². The maximum atomic E-state index is 12.7. The van der Waals surface area contributed by atoms with Gasteiger partial charge in [0.1, 0.15) is 0 Å². The van der Waals surface area contributed by atoms with Crippen LogP contribution in [0.25, 0.3) is 21.8 Å². The van der Waals surface area contributed by atoms with E-state index in [0.717, 1.165) is 47.6 Å². The molecule has 144 valence electrons. The third-order valence-corrected chi connectivity index (χ3v) is 4.63. The molecule has 2 aromatic carbocycles. The Kier molecular flexibility index (Phi) is 7.82. The first kappa shape index (κ1) is 20.9. The van der Waals surface area contributed by atoms with Crippen LogP contribution in [-0.2, 0) is 11.3 Å². The van der Waals surface area contributed by atoms with Gasteiger partial charge in [-0.05, 0) is 37.1 Å². The molecular formula is C21H26ClN3O2. The second-order valence-electron chi connectivity index (χ2n) is 6.46. The van der Waals surface area contributed by atoms with Gasteiger partial charge >= 0.3 is 0 Å². The number of nitrogens with one attached hydrogen (secondary N) is 1. The van der Waals surface area contributed by atoms with Crippen molar-refractivity contribution in [2.75, 3.05) is 13.1 Å². The average molecular weight is 388 g/mol. The molecule has 0 saturated carbocycles. The van der Waals surface area contributed by atoms with E-state index in [2.05, 4.69) is 9.88 Å². The van der Waals surface area contributed by atoms with Gasteiger partial charge < -0.3 is 15.6 Å². The molecule has 0 aliphatic carbocycles. The van der Waals surface area contributed by atoms with E-state index in [4.69, 9.17) is 5.73 Å². The normalized spacial score (nSPS) is 10.7. The molecule has 1 aromatic heterocycles. The Labute approximate surface area is 165 Å². The molecule has 0 saturated heterocycles. The van der Waals surface area contributed by atoms with Crippen LogP contribution in [0.15, 0.2) is 53.3 Å². The predicted octanol–water partition coefficient (Wildman–Crippen LogP) is 3.21. The highest BCUT2D eigenvalue weighted by molar-refractivity contribution is 5.93. The van der Waals surface area contributed by atoms with Crippen molar-refractivity contribution in [1.82, 2.24) is 9.88 Å². The van der Waals surface area contributed by atoms with Crippen LogP contribution in [0.3, 0.4) is 0 Å². The highest BCUT2D eigenvalue weighted by Gasteiger charge is 2.09.